The Bertz CT molecular complexity index is 303. The summed E-state index contributed by atoms with van der Waals surface area (Å²) in [7, 11) is 2.03. The first kappa shape index (κ1) is 9.71. The average Bonchev–Trinajstić information content (AvgIpc) is 2.60. The largest absolute Gasteiger partial charge is 0.319 e. The van der Waals surface area contributed by atoms with Gasteiger partial charge in [-0.05, 0) is 51.3 Å². The number of fused-ring (bicyclic) bond motifs is 1. The number of hydrogen-bond acceptors (Lipinski definition) is 2. The molecule has 1 N–H and O–H groups in total. The second kappa shape index (κ2) is 4.13. The quantitative estimate of drug-likeness (QED) is 0.782. The van der Waals surface area contributed by atoms with Gasteiger partial charge >= 0.3 is 0 Å². The molecule has 0 spiro atoms. The summed E-state index contributed by atoms with van der Waals surface area (Å²) in [5.74, 6) is 0.807. The van der Waals surface area contributed by atoms with Gasteiger partial charge in [0, 0.05) is 12.2 Å². The van der Waals surface area contributed by atoms with Crippen molar-refractivity contribution in [2.45, 2.75) is 32.7 Å². The van der Waals surface area contributed by atoms with Crippen LogP contribution in [0.15, 0.2) is 6.20 Å². The molecular formula is C11H19N3. The number of nitrogens with one attached hydrogen (secondary N) is 1. The van der Waals surface area contributed by atoms with Gasteiger partial charge in [0.25, 0.3) is 0 Å². The molecule has 0 fully saturated rings. The lowest BCUT2D eigenvalue weighted by Crippen LogP contribution is -2.25. The maximum absolute atomic E-state index is 4.41. The SMILES string of the molecule is CCn1ncc2c1CCC(CNC)C2. The first-order valence-corrected chi connectivity index (χ1v) is 5.53. The predicted octanol–water partition coefficient (Wildman–Crippen LogP) is 1.23. The van der Waals surface area contributed by atoms with Gasteiger partial charge in [0.2, 0.25) is 0 Å². The lowest BCUT2D eigenvalue weighted by molar-refractivity contribution is 0.428. The van der Waals surface area contributed by atoms with Crippen LogP contribution in [0.25, 0.3) is 0 Å². The summed E-state index contributed by atoms with van der Waals surface area (Å²) >= 11 is 0. The molecule has 3 heteroatoms. The Morgan fingerprint density at radius 2 is 2.50 bits per heavy atom. The first-order chi connectivity index (χ1) is 6.85. The predicted molar refractivity (Wildman–Crippen MR) is 57.3 cm³/mol. The molecule has 1 aromatic rings. The smallest absolute Gasteiger partial charge is 0.0524 e. The third kappa shape index (κ3) is 1.69. The van der Waals surface area contributed by atoms with Crippen molar-refractivity contribution in [2.24, 2.45) is 5.92 Å². The summed E-state index contributed by atoms with van der Waals surface area (Å²) < 4.78 is 2.14. The van der Waals surface area contributed by atoms with E-state index in [0.717, 1.165) is 19.0 Å². The third-order valence-electron chi connectivity index (χ3n) is 3.13. The van der Waals surface area contributed by atoms with E-state index in [1.54, 1.807) is 0 Å². The Balaban J connectivity index is 2.12. The van der Waals surface area contributed by atoms with E-state index in [2.05, 4.69) is 28.2 Å². The zero-order chi connectivity index (χ0) is 9.97. The van der Waals surface area contributed by atoms with Crippen molar-refractivity contribution < 1.29 is 0 Å². The van der Waals surface area contributed by atoms with Crippen molar-refractivity contribution >= 4 is 0 Å². The summed E-state index contributed by atoms with van der Waals surface area (Å²) in [4.78, 5) is 0. The Kier molecular flexibility index (Phi) is 2.87. The Hall–Kier alpha value is -0.830. The van der Waals surface area contributed by atoms with Crippen LogP contribution < -0.4 is 5.32 Å². The van der Waals surface area contributed by atoms with Crippen LogP contribution in [0, 0.1) is 5.92 Å². The van der Waals surface area contributed by atoms with E-state index in [4.69, 9.17) is 0 Å². The molecule has 14 heavy (non-hydrogen) atoms. The molecule has 0 saturated heterocycles. The molecule has 78 valence electrons. The van der Waals surface area contributed by atoms with Crippen molar-refractivity contribution in [3.63, 3.8) is 0 Å². The Labute approximate surface area is 85.5 Å². The van der Waals surface area contributed by atoms with E-state index >= 15 is 0 Å². The zero-order valence-electron chi connectivity index (χ0n) is 9.08. The van der Waals surface area contributed by atoms with Crippen LogP contribution in [0.5, 0.6) is 0 Å². The van der Waals surface area contributed by atoms with Crippen molar-refractivity contribution in [1.82, 2.24) is 15.1 Å². The van der Waals surface area contributed by atoms with Crippen molar-refractivity contribution in [3.05, 3.63) is 17.5 Å². The molecule has 0 amide bonds. The molecule has 1 atom stereocenters. The summed E-state index contributed by atoms with van der Waals surface area (Å²) in [5, 5.41) is 7.67. The molecule has 0 radical (unpaired) electrons. The standard InChI is InChI=1S/C11H19N3/c1-3-14-11-5-4-9(7-12-2)6-10(11)8-13-14/h8-9,12H,3-7H2,1-2H3. The zero-order valence-corrected chi connectivity index (χ0v) is 9.08. The van der Waals surface area contributed by atoms with E-state index in [0.29, 0.717) is 0 Å². The summed E-state index contributed by atoms with van der Waals surface area (Å²) in [6.07, 6.45) is 5.77. The van der Waals surface area contributed by atoms with Crippen LogP contribution in [0.3, 0.4) is 0 Å². The molecule has 1 unspecified atom stereocenters. The van der Waals surface area contributed by atoms with E-state index < -0.39 is 0 Å². The van der Waals surface area contributed by atoms with E-state index in [1.807, 2.05) is 7.05 Å². The topological polar surface area (TPSA) is 29.9 Å². The fourth-order valence-electron chi connectivity index (χ4n) is 2.40. The van der Waals surface area contributed by atoms with E-state index in [-0.39, 0.29) is 0 Å². The van der Waals surface area contributed by atoms with Crippen molar-refractivity contribution in [3.8, 4) is 0 Å². The van der Waals surface area contributed by atoms with Gasteiger partial charge in [-0.3, -0.25) is 4.68 Å². The van der Waals surface area contributed by atoms with Crippen molar-refractivity contribution in [2.75, 3.05) is 13.6 Å². The van der Waals surface area contributed by atoms with Gasteiger partial charge in [-0.2, -0.15) is 5.10 Å². The van der Waals surface area contributed by atoms with Crippen molar-refractivity contribution in [1.29, 1.82) is 0 Å². The molecule has 3 nitrogen and oxygen atoms in total. The molecule has 0 aromatic carbocycles. The van der Waals surface area contributed by atoms with Crippen LogP contribution >= 0.6 is 0 Å². The molecule has 1 heterocycles. The highest BCUT2D eigenvalue weighted by Crippen LogP contribution is 2.24. The minimum absolute atomic E-state index is 0.807. The molecule has 0 bridgehead atoms. The highest BCUT2D eigenvalue weighted by Gasteiger charge is 2.21. The maximum Gasteiger partial charge on any atom is 0.0524 e. The van der Waals surface area contributed by atoms with Gasteiger partial charge in [-0.15, -0.1) is 0 Å². The van der Waals surface area contributed by atoms with Gasteiger partial charge in [-0.1, -0.05) is 0 Å². The van der Waals surface area contributed by atoms with Crippen LogP contribution in [0.4, 0.5) is 0 Å². The van der Waals surface area contributed by atoms with Gasteiger partial charge in [0.15, 0.2) is 0 Å². The molecule has 0 aliphatic heterocycles. The number of hydrogen-bond donors (Lipinski definition) is 1. The van der Waals surface area contributed by atoms with Gasteiger partial charge in [-0.25, -0.2) is 0 Å². The molecule has 1 aliphatic carbocycles. The number of nitrogens with zero attached hydrogens (tertiary/aromatic N) is 2. The van der Waals surface area contributed by atoms with Gasteiger partial charge in [0.1, 0.15) is 0 Å². The fraction of sp³-hybridized carbons (Fsp3) is 0.727. The lowest BCUT2D eigenvalue weighted by Gasteiger charge is -2.22. The monoisotopic (exact) mass is 193 g/mol. The van der Waals surface area contributed by atoms with E-state index in [1.165, 1.54) is 30.5 Å². The minimum Gasteiger partial charge on any atom is -0.319 e. The molecule has 1 aliphatic rings. The summed E-state index contributed by atoms with van der Waals surface area (Å²) in [6, 6.07) is 0. The fourth-order valence-corrected chi connectivity index (χ4v) is 2.40. The Morgan fingerprint density at radius 1 is 1.64 bits per heavy atom. The molecule has 2 rings (SSSR count). The Morgan fingerprint density at radius 3 is 3.21 bits per heavy atom. The second-order valence-electron chi connectivity index (χ2n) is 4.10. The maximum atomic E-state index is 4.41. The highest BCUT2D eigenvalue weighted by molar-refractivity contribution is 5.21. The highest BCUT2D eigenvalue weighted by atomic mass is 15.3. The van der Waals surface area contributed by atoms with E-state index in [9.17, 15) is 0 Å². The summed E-state index contributed by atoms with van der Waals surface area (Å²) in [5.41, 5.74) is 2.94. The first-order valence-electron chi connectivity index (χ1n) is 5.53. The molecule has 1 aromatic heterocycles. The summed E-state index contributed by atoms with van der Waals surface area (Å²) in [6.45, 7) is 4.30. The average molecular weight is 193 g/mol. The number of rotatable bonds is 3. The molecule has 0 saturated carbocycles. The lowest BCUT2D eigenvalue weighted by atomic mass is 9.88. The second-order valence-corrected chi connectivity index (χ2v) is 4.10. The van der Waals surface area contributed by atoms with Gasteiger partial charge in [0.05, 0.1) is 6.20 Å². The van der Waals surface area contributed by atoms with Gasteiger partial charge < -0.3 is 5.32 Å². The van der Waals surface area contributed by atoms with Crippen LogP contribution in [-0.4, -0.2) is 23.4 Å². The molecular weight excluding hydrogens is 174 g/mol. The number of aryl methyl sites for hydroxylation is 1. The normalized spacial score (nSPS) is 20.9. The van der Waals surface area contributed by atoms with Crippen LogP contribution in [0.2, 0.25) is 0 Å². The minimum atomic E-state index is 0.807. The third-order valence-corrected chi connectivity index (χ3v) is 3.13. The van der Waals surface area contributed by atoms with Crippen LogP contribution in [-0.2, 0) is 19.4 Å². The number of aromatic nitrogens is 2. The van der Waals surface area contributed by atoms with Crippen LogP contribution in [0.1, 0.15) is 24.6 Å².